The summed E-state index contributed by atoms with van der Waals surface area (Å²) in [5.74, 6) is 1.22. The van der Waals surface area contributed by atoms with Gasteiger partial charge in [0.25, 0.3) is 5.91 Å². The molecular weight excluding hydrogens is 342 g/mol. The molecule has 3 aromatic rings. The Morgan fingerprint density at radius 2 is 1.74 bits per heavy atom. The number of rotatable bonds is 7. The monoisotopic (exact) mass is 363 g/mol. The first-order valence-electron chi connectivity index (χ1n) is 8.60. The number of carbonyl (C=O) groups is 1. The second-order valence-corrected chi connectivity index (χ2v) is 5.67. The molecule has 0 fully saturated rings. The number of para-hydroxylation sites is 2. The topological polar surface area (TPSA) is 72.5 Å². The molecule has 27 heavy (non-hydrogen) atoms. The minimum Gasteiger partial charge on any atom is -0.495 e. The standard InChI is InChI=1S/C21H21N3O3/c1-3-27-17-11-8-15(9-12-17)24-21(25)19-13-10-16(14-22-19)23-18-6-4-5-7-20(18)26-2/h4-14,23H,3H2,1-2H3,(H,24,25). The highest BCUT2D eigenvalue weighted by atomic mass is 16.5. The quantitative estimate of drug-likeness (QED) is 0.647. The van der Waals surface area contributed by atoms with Crippen LogP contribution < -0.4 is 20.1 Å². The number of benzene rings is 2. The van der Waals surface area contributed by atoms with Crippen LogP contribution in [0, 0.1) is 0 Å². The third-order valence-corrected chi connectivity index (χ3v) is 3.81. The smallest absolute Gasteiger partial charge is 0.274 e. The van der Waals surface area contributed by atoms with Crippen LogP contribution in [0.15, 0.2) is 66.9 Å². The Morgan fingerprint density at radius 1 is 1.00 bits per heavy atom. The van der Waals surface area contributed by atoms with Gasteiger partial charge in [-0.15, -0.1) is 0 Å². The Balaban J connectivity index is 1.65. The first-order valence-corrected chi connectivity index (χ1v) is 8.60. The van der Waals surface area contributed by atoms with E-state index in [4.69, 9.17) is 9.47 Å². The molecule has 0 aliphatic rings. The highest BCUT2D eigenvalue weighted by Gasteiger charge is 2.09. The molecule has 0 saturated carbocycles. The molecule has 0 aliphatic carbocycles. The van der Waals surface area contributed by atoms with Gasteiger partial charge in [0.15, 0.2) is 0 Å². The maximum Gasteiger partial charge on any atom is 0.274 e. The van der Waals surface area contributed by atoms with E-state index in [2.05, 4.69) is 15.6 Å². The molecule has 6 heteroatoms. The summed E-state index contributed by atoms with van der Waals surface area (Å²) < 4.78 is 10.7. The van der Waals surface area contributed by atoms with Crippen molar-refractivity contribution in [3.63, 3.8) is 0 Å². The fourth-order valence-electron chi connectivity index (χ4n) is 2.50. The van der Waals surface area contributed by atoms with Crippen LogP contribution in [0.5, 0.6) is 11.5 Å². The van der Waals surface area contributed by atoms with Crippen LogP contribution in [0.3, 0.4) is 0 Å². The van der Waals surface area contributed by atoms with Gasteiger partial charge in [-0.25, -0.2) is 4.98 Å². The molecule has 0 unspecified atom stereocenters. The van der Waals surface area contributed by atoms with Gasteiger partial charge in [-0.1, -0.05) is 12.1 Å². The van der Waals surface area contributed by atoms with E-state index in [1.54, 1.807) is 37.6 Å². The van der Waals surface area contributed by atoms with E-state index in [0.29, 0.717) is 18.0 Å². The van der Waals surface area contributed by atoms with Crippen molar-refractivity contribution in [2.24, 2.45) is 0 Å². The van der Waals surface area contributed by atoms with Gasteiger partial charge in [-0.3, -0.25) is 4.79 Å². The molecule has 0 saturated heterocycles. The Kier molecular flexibility index (Phi) is 5.89. The summed E-state index contributed by atoms with van der Waals surface area (Å²) in [5, 5.41) is 6.04. The molecule has 1 amide bonds. The zero-order valence-electron chi connectivity index (χ0n) is 15.2. The molecule has 1 aromatic heterocycles. The zero-order chi connectivity index (χ0) is 19.1. The highest BCUT2D eigenvalue weighted by molar-refractivity contribution is 6.03. The summed E-state index contributed by atoms with van der Waals surface area (Å²) >= 11 is 0. The number of nitrogens with zero attached hydrogens (tertiary/aromatic N) is 1. The highest BCUT2D eigenvalue weighted by Crippen LogP contribution is 2.26. The minimum atomic E-state index is -0.275. The number of amides is 1. The van der Waals surface area contributed by atoms with E-state index in [9.17, 15) is 4.79 Å². The number of ether oxygens (including phenoxy) is 2. The lowest BCUT2D eigenvalue weighted by Crippen LogP contribution is -2.13. The first kappa shape index (κ1) is 18.3. The maximum absolute atomic E-state index is 12.3. The van der Waals surface area contributed by atoms with Gasteiger partial charge in [-0.2, -0.15) is 0 Å². The van der Waals surface area contributed by atoms with Crippen molar-refractivity contribution in [1.82, 2.24) is 4.98 Å². The van der Waals surface area contributed by atoms with Gasteiger partial charge in [0.2, 0.25) is 0 Å². The van der Waals surface area contributed by atoms with Crippen LogP contribution in [0.2, 0.25) is 0 Å². The molecule has 0 bridgehead atoms. The predicted molar refractivity (Wildman–Crippen MR) is 106 cm³/mol. The SMILES string of the molecule is CCOc1ccc(NC(=O)c2ccc(Nc3ccccc3OC)cn2)cc1. The lowest BCUT2D eigenvalue weighted by molar-refractivity contribution is 0.102. The van der Waals surface area contributed by atoms with Crippen LogP contribution in [0.4, 0.5) is 17.1 Å². The third-order valence-electron chi connectivity index (χ3n) is 3.81. The van der Waals surface area contributed by atoms with Crippen molar-refractivity contribution in [3.05, 3.63) is 72.6 Å². The van der Waals surface area contributed by atoms with E-state index >= 15 is 0 Å². The van der Waals surface area contributed by atoms with Crippen LogP contribution in [-0.2, 0) is 0 Å². The molecule has 138 valence electrons. The fourth-order valence-corrected chi connectivity index (χ4v) is 2.50. The molecule has 3 rings (SSSR count). The van der Waals surface area contributed by atoms with Gasteiger partial charge >= 0.3 is 0 Å². The molecule has 2 N–H and O–H groups in total. The largest absolute Gasteiger partial charge is 0.495 e. The third kappa shape index (κ3) is 4.76. The van der Waals surface area contributed by atoms with Crippen LogP contribution >= 0.6 is 0 Å². The number of methoxy groups -OCH3 is 1. The lowest BCUT2D eigenvalue weighted by Gasteiger charge is -2.11. The second kappa shape index (κ2) is 8.71. The Bertz CT molecular complexity index is 893. The molecule has 1 heterocycles. The summed E-state index contributed by atoms with van der Waals surface area (Å²) in [7, 11) is 1.62. The number of carbonyl (C=O) groups excluding carboxylic acids is 1. The van der Waals surface area contributed by atoms with Crippen molar-refractivity contribution >= 4 is 23.0 Å². The molecule has 0 atom stereocenters. The lowest BCUT2D eigenvalue weighted by atomic mass is 10.2. The average Bonchev–Trinajstić information content (AvgIpc) is 2.70. The van der Waals surface area contributed by atoms with Crippen LogP contribution in [0.1, 0.15) is 17.4 Å². The first-order chi connectivity index (χ1) is 13.2. The van der Waals surface area contributed by atoms with Crippen molar-refractivity contribution in [1.29, 1.82) is 0 Å². The minimum absolute atomic E-state index is 0.275. The van der Waals surface area contributed by atoms with Crippen molar-refractivity contribution in [2.75, 3.05) is 24.4 Å². The van der Waals surface area contributed by atoms with E-state index in [0.717, 1.165) is 22.9 Å². The predicted octanol–water partition coefficient (Wildman–Crippen LogP) is 4.48. The van der Waals surface area contributed by atoms with E-state index < -0.39 is 0 Å². The van der Waals surface area contributed by atoms with Crippen LogP contribution in [-0.4, -0.2) is 24.6 Å². The number of anilines is 3. The summed E-state index contributed by atoms with van der Waals surface area (Å²) in [4.78, 5) is 16.6. The van der Waals surface area contributed by atoms with Gasteiger partial charge in [0.05, 0.1) is 31.3 Å². The number of pyridine rings is 1. The molecule has 0 radical (unpaired) electrons. The van der Waals surface area contributed by atoms with Gasteiger partial charge < -0.3 is 20.1 Å². The summed E-state index contributed by atoms with van der Waals surface area (Å²) in [6, 6.07) is 18.3. The van der Waals surface area contributed by atoms with Gasteiger partial charge in [0, 0.05) is 5.69 Å². The average molecular weight is 363 g/mol. The van der Waals surface area contributed by atoms with Crippen molar-refractivity contribution < 1.29 is 14.3 Å². The van der Waals surface area contributed by atoms with E-state index in [1.807, 2.05) is 43.3 Å². The Morgan fingerprint density at radius 3 is 2.41 bits per heavy atom. The zero-order valence-corrected chi connectivity index (χ0v) is 15.2. The number of nitrogens with one attached hydrogen (secondary N) is 2. The second-order valence-electron chi connectivity index (χ2n) is 5.67. The molecule has 2 aromatic carbocycles. The summed E-state index contributed by atoms with van der Waals surface area (Å²) in [6.45, 7) is 2.53. The Hall–Kier alpha value is -3.54. The van der Waals surface area contributed by atoms with Crippen LogP contribution in [0.25, 0.3) is 0 Å². The molecular formula is C21H21N3O3. The summed E-state index contributed by atoms with van der Waals surface area (Å²) in [5.41, 5.74) is 2.60. The van der Waals surface area contributed by atoms with Crippen molar-refractivity contribution in [2.45, 2.75) is 6.92 Å². The number of hydrogen-bond acceptors (Lipinski definition) is 5. The summed E-state index contributed by atoms with van der Waals surface area (Å²) in [6.07, 6.45) is 1.61. The molecule has 6 nitrogen and oxygen atoms in total. The van der Waals surface area contributed by atoms with E-state index in [-0.39, 0.29) is 5.91 Å². The number of aromatic nitrogens is 1. The molecule has 0 aliphatic heterocycles. The van der Waals surface area contributed by atoms with Gasteiger partial charge in [0.1, 0.15) is 17.2 Å². The van der Waals surface area contributed by atoms with Crippen molar-refractivity contribution in [3.8, 4) is 11.5 Å². The normalized spacial score (nSPS) is 10.1. The number of hydrogen-bond donors (Lipinski definition) is 2. The van der Waals surface area contributed by atoms with Gasteiger partial charge in [-0.05, 0) is 55.5 Å². The fraction of sp³-hybridized carbons (Fsp3) is 0.143. The molecule has 0 spiro atoms. The Labute approximate surface area is 158 Å². The maximum atomic E-state index is 12.3. The van der Waals surface area contributed by atoms with E-state index in [1.165, 1.54) is 0 Å².